The fourth-order valence-electron chi connectivity index (χ4n) is 4.06. The van der Waals surface area contributed by atoms with Crippen LogP contribution in [0.15, 0.2) is 54.6 Å². The van der Waals surface area contributed by atoms with E-state index >= 15 is 0 Å². The van der Waals surface area contributed by atoms with Gasteiger partial charge in [0.2, 0.25) is 11.8 Å². The lowest BCUT2D eigenvalue weighted by atomic mass is 10.1. The first-order chi connectivity index (χ1) is 15.5. The van der Waals surface area contributed by atoms with Crippen molar-refractivity contribution < 1.29 is 14.0 Å². The highest BCUT2D eigenvalue weighted by Gasteiger charge is 2.35. The highest BCUT2D eigenvalue weighted by molar-refractivity contribution is 7.80. The van der Waals surface area contributed by atoms with Crippen LogP contribution < -0.4 is 15.5 Å². The van der Waals surface area contributed by atoms with Crippen LogP contribution in [0.1, 0.15) is 6.42 Å². The van der Waals surface area contributed by atoms with Gasteiger partial charge < -0.3 is 25.3 Å². The molecule has 0 unspecified atom stereocenters. The van der Waals surface area contributed by atoms with E-state index in [1.54, 1.807) is 28.0 Å². The van der Waals surface area contributed by atoms with Crippen molar-refractivity contribution in [3.8, 4) is 0 Å². The number of rotatable bonds is 4. The van der Waals surface area contributed by atoms with E-state index in [9.17, 15) is 14.0 Å². The summed E-state index contributed by atoms with van der Waals surface area (Å²) in [7, 11) is 0. The third kappa shape index (κ3) is 4.99. The molecular formula is C23H26FN5O2S. The number of carbonyl (C=O) groups is 2. The maximum Gasteiger partial charge on any atom is 0.243 e. The third-order valence-corrected chi connectivity index (χ3v) is 6.17. The minimum Gasteiger partial charge on any atom is -0.368 e. The number of halogens is 1. The van der Waals surface area contributed by atoms with Gasteiger partial charge in [-0.3, -0.25) is 9.59 Å². The first kappa shape index (κ1) is 22.0. The van der Waals surface area contributed by atoms with Crippen LogP contribution in [0.25, 0.3) is 0 Å². The van der Waals surface area contributed by atoms with Gasteiger partial charge in [0.15, 0.2) is 5.11 Å². The van der Waals surface area contributed by atoms with Crippen molar-refractivity contribution >= 4 is 40.5 Å². The number of piperazine rings is 2. The van der Waals surface area contributed by atoms with Crippen LogP contribution in [0.2, 0.25) is 0 Å². The van der Waals surface area contributed by atoms with Crippen LogP contribution in [0.4, 0.5) is 15.8 Å². The zero-order chi connectivity index (χ0) is 22.5. The molecule has 2 heterocycles. The molecule has 9 heteroatoms. The Morgan fingerprint density at radius 3 is 2.44 bits per heavy atom. The molecule has 2 aromatic carbocycles. The van der Waals surface area contributed by atoms with Gasteiger partial charge in [0.25, 0.3) is 0 Å². The largest absolute Gasteiger partial charge is 0.368 e. The minimum atomic E-state index is -0.727. The Morgan fingerprint density at radius 1 is 1.03 bits per heavy atom. The van der Waals surface area contributed by atoms with Gasteiger partial charge >= 0.3 is 0 Å². The predicted octanol–water partition coefficient (Wildman–Crippen LogP) is 2.06. The van der Waals surface area contributed by atoms with Crippen molar-refractivity contribution in [2.75, 3.05) is 49.5 Å². The molecule has 2 amide bonds. The summed E-state index contributed by atoms with van der Waals surface area (Å²) in [5.41, 5.74) is 1.38. The maximum atomic E-state index is 14.0. The van der Waals surface area contributed by atoms with Crippen LogP contribution in [-0.2, 0) is 9.59 Å². The second-order valence-electron chi connectivity index (χ2n) is 7.82. The minimum absolute atomic E-state index is 0.0241. The van der Waals surface area contributed by atoms with Gasteiger partial charge in [0.1, 0.15) is 11.9 Å². The Hall–Kier alpha value is -3.20. The van der Waals surface area contributed by atoms with E-state index in [1.165, 1.54) is 6.07 Å². The highest BCUT2D eigenvalue weighted by atomic mass is 32.1. The van der Waals surface area contributed by atoms with Crippen molar-refractivity contribution in [1.82, 2.24) is 15.1 Å². The van der Waals surface area contributed by atoms with E-state index in [0.29, 0.717) is 26.2 Å². The van der Waals surface area contributed by atoms with Gasteiger partial charge in [-0.2, -0.15) is 0 Å². The first-order valence-corrected chi connectivity index (χ1v) is 11.1. The molecule has 7 nitrogen and oxygen atoms in total. The van der Waals surface area contributed by atoms with Gasteiger partial charge in [-0.05, 0) is 36.5 Å². The number of amides is 2. The van der Waals surface area contributed by atoms with Crippen LogP contribution in [0.3, 0.4) is 0 Å². The van der Waals surface area contributed by atoms with Crippen LogP contribution in [0.5, 0.6) is 0 Å². The third-order valence-electron chi connectivity index (χ3n) is 5.83. The second-order valence-corrected chi connectivity index (χ2v) is 8.20. The van der Waals surface area contributed by atoms with Crippen molar-refractivity contribution in [3.05, 3.63) is 60.4 Å². The van der Waals surface area contributed by atoms with E-state index in [0.717, 1.165) is 18.8 Å². The van der Waals surface area contributed by atoms with E-state index in [2.05, 4.69) is 27.7 Å². The zero-order valence-corrected chi connectivity index (χ0v) is 18.5. The molecule has 2 aliphatic rings. The summed E-state index contributed by atoms with van der Waals surface area (Å²) in [5.74, 6) is -0.760. The van der Waals surface area contributed by atoms with Gasteiger partial charge in [-0.1, -0.05) is 30.3 Å². The molecule has 168 valence electrons. The van der Waals surface area contributed by atoms with Crippen LogP contribution >= 0.6 is 12.2 Å². The molecule has 0 aromatic heterocycles. The summed E-state index contributed by atoms with van der Waals surface area (Å²) in [6.45, 7) is 3.54. The second kappa shape index (κ2) is 9.95. The molecule has 0 saturated carbocycles. The topological polar surface area (TPSA) is 67.9 Å². The lowest BCUT2D eigenvalue weighted by molar-refractivity contribution is -0.137. The van der Waals surface area contributed by atoms with Crippen molar-refractivity contribution in [1.29, 1.82) is 0 Å². The number of para-hydroxylation sites is 2. The maximum absolute atomic E-state index is 14.0. The summed E-state index contributed by atoms with van der Waals surface area (Å²) in [6, 6.07) is 15.6. The zero-order valence-electron chi connectivity index (χ0n) is 17.7. The van der Waals surface area contributed by atoms with Crippen molar-refractivity contribution in [2.45, 2.75) is 12.5 Å². The summed E-state index contributed by atoms with van der Waals surface area (Å²) >= 11 is 5.46. The Bertz CT molecular complexity index is 981. The molecule has 2 saturated heterocycles. The molecule has 1 atom stereocenters. The van der Waals surface area contributed by atoms with Crippen LogP contribution in [0, 0.1) is 5.82 Å². The fourth-order valence-corrected chi connectivity index (χ4v) is 4.39. The predicted molar refractivity (Wildman–Crippen MR) is 126 cm³/mol. The Balaban J connectivity index is 1.37. The standard InChI is InChI=1S/C23H26FN5O2S/c24-18-8-4-5-9-19(18)26-23(32)29-11-10-25-22(31)20(29)16-21(30)28-14-12-27(13-15-28)17-6-2-1-3-7-17/h1-9,20H,10-16H2,(H,25,31)(H,26,32)/t20-/m1/s1. The Kier molecular flexibility index (Phi) is 6.84. The Labute approximate surface area is 192 Å². The monoisotopic (exact) mass is 455 g/mol. The summed E-state index contributed by atoms with van der Waals surface area (Å²) in [5, 5.41) is 5.92. The first-order valence-electron chi connectivity index (χ1n) is 10.7. The number of benzene rings is 2. The average molecular weight is 456 g/mol. The van der Waals surface area contributed by atoms with Crippen molar-refractivity contribution in [2.24, 2.45) is 0 Å². The number of hydrogen-bond donors (Lipinski definition) is 2. The summed E-state index contributed by atoms with van der Waals surface area (Å²) < 4.78 is 14.0. The quantitative estimate of drug-likeness (QED) is 0.688. The highest BCUT2D eigenvalue weighted by Crippen LogP contribution is 2.19. The number of nitrogens with zero attached hydrogens (tertiary/aromatic N) is 3. The van der Waals surface area contributed by atoms with Gasteiger partial charge in [-0.15, -0.1) is 0 Å². The number of hydrogen-bond acceptors (Lipinski definition) is 4. The molecule has 32 heavy (non-hydrogen) atoms. The molecular weight excluding hydrogens is 429 g/mol. The van der Waals surface area contributed by atoms with Gasteiger partial charge in [0, 0.05) is 45.0 Å². The summed E-state index contributed by atoms with van der Waals surface area (Å²) in [6.07, 6.45) is 0.0241. The van der Waals surface area contributed by atoms with E-state index in [4.69, 9.17) is 12.2 Å². The molecule has 4 rings (SSSR count). The Morgan fingerprint density at radius 2 is 1.72 bits per heavy atom. The molecule has 2 aromatic rings. The lowest BCUT2D eigenvalue weighted by Crippen LogP contribution is -2.60. The van der Waals surface area contributed by atoms with E-state index in [-0.39, 0.29) is 29.0 Å². The fraction of sp³-hybridized carbons (Fsp3) is 0.348. The lowest BCUT2D eigenvalue weighted by Gasteiger charge is -2.39. The smallest absolute Gasteiger partial charge is 0.243 e. The number of nitrogens with one attached hydrogen (secondary N) is 2. The van der Waals surface area contributed by atoms with Crippen LogP contribution in [-0.4, -0.2) is 72.0 Å². The summed E-state index contributed by atoms with van der Waals surface area (Å²) in [4.78, 5) is 31.3. The molecule has 0 aliphatic carbocycles. The average Bonchev–Trinajstić information content (AvgIpc) is 2.82. The normalized spacial score (nSPS) is 18.8. The van der Waals surface area contributed by atoms with Crippen molar-refractivity contribution in [3.63, 3.8) is 0 Å². The number of thiocarbonyl (C=S) groups is 1. The van der Waals surface area contributed by atoms with E-state index < -0.39 is 11.9 Å². The molecule has 0 bridgehead atoms. The molecule has 2 N–H and O–H groups in total. The SMILES string of the molecule is O=C1NCCN(C(=S)Nc2ccccc2F)[C@@H]1CC(=O)N1CCN(c2ccccc2)CC1. The molecule has 2 fully saturated rings. The van der Waals surface area contributed by atoms with Gasteiger partial charge in [-0.25, -0.2) is 4.39 Å². The molecule has 2 aliphatic heterocycles. The number of carbonyl (C=O) groups excluding carboxylic acids is 2. The molecule has 0 spiro atoms. The number of anilines is 2. The molecule has 0 radical (unpaired) electrons. The van der Waals surface area contributed by atoms with Gasteiger partial charge in [0.05, 0.1) is 12.1 Å². The van der Waals surface area contributed by atoms with E-state index in [1.807, 2.05) is 18.2 Å².